The zero-order chi connectivity index (χ0) is 12.3. The molecule has 1 rings (SSSR count). The second kappa shape index (κ2) is 5.64. The van der Waals surface area contributed by atoms with Crippen molar-refractivity contribution in [2.75, 3.05) is 11.9 Å². The minimum absolute atomic E-state index is 0.231. The van der Waals surface area contributed by atoms with Gasteiger partial charge < -0.3 is 10.6 Å². The quantitative estimate of drug-likeness (QED) is 0.921. The van der Waals surface area contributed by atoms with Gasteiger partial charge in [-0.15, -0.1) is 0 Å². The Morgan fingerprint density at radius 1 is 1.50 bits per heavy atom. The lowest BCUT2D eigenvalue weighted by atomic mass is 10.1. The van der Waals surface area contributed by atoms with Crippen LogP contribution in [0.3, 0.4) is 0 Å². The molecule has 90 valence electrons. The molecule has 0 aliphatic carbocycles. The van der Waals surface area contributed by atoms with Crippen LogP contribution < -0.4 is 10.6 Å². The van der Waals surface area contributed by atoms with Crippen LogP contribution in [0.5, 0.6) is 0 Å². The van der Waals surface area contributed by atoms with Crippen molar-refractivity contribution < 1.29 is 4.39 Å². The number of hydrogen-bond acceptors (Lipinski definition) is 2. The molecule has 4 heteroatoms. The molecule has 0 saturated heterocycles. The summed E-state index contributed by atoms with van der Waals surface area (Å²) >= 11 is 3.25. The van der Waals surface area contributed by atoms with Crippen LogP contribution >= 0.6 is 15.9 Å². The first-order chi connectivity index (χ1) is 7.52. The number of benzene rings is 1. The highest BCUT2D eigenvalue weighted by atomic mass is 79.9. The standard InChI is InChI=1S/C12H18BrFN2/c1-4-8(2)16(3)10-6-5-9(7-15)11(13)12(10)14/h5-6,8H,4,7,15H2,1-3H3. The number of rotatable bonds is 4. The molecule has 0 amide bonds. The van der Waals surface area contributed by atoms with E-state index in [1.165, 1.54) is 0 Å². The molecule has 1 unspecified atom stereocenters. The molecule has 0 heterocycles. The summed E-state index contributed by atoms with van der Waals surface area (Å²) in [6, 6.07) is 3.96. The molecule has 0 saturated carbocycles. The predicted molar refractivity (Wildman–Crippen MR) is 70.1 cm³/mol. The topological polar surface area (TPSA) is 29.3 Å². The zero-order valence-corrected chi connectivity index (χ0v) is 11.5. The first kappa shape index (κ1) is 13.5. The van der Waals surface area contributed by atoms with Gasteiger partial charge in [-0.2, -0.15) is 0 Å². The van der Waals surface area contributed by atoms with Gasteiger partial charge in [0, 0.05) is 19.6 Å². The Morgan fingerprint density at radius 2 is 2.12 bits per heavy atom. The fourth-order valence-electron chi connectivity index (χ4n) is 1.52. The summed E-state index contributed by atoms with van der Waals surface area (Å²) in [6.07, 6.45) is 0.978. The highest BCUT2D eigenvalue weighted by Gasteiger charge is 2.16. The Kier molecular flexibility index (Phi) is 4.74. The van der Waals surface area contributed by atoms with Crippen LogP contribution in [0.25, 0.3) is 0 Å². The van der Waals surface area contributed by atoms with Gasteiger partial charge in [-0.1, -0.05) is 13.0 Å². The van der Waals surface area contributed by atoms with E-state index in [4.69, 9.17) is 5.73 Å². The molecule has 2 N–H and O–H groups in total. The van der Waals surface area contributed by atoms with Gasteiger partial charge in [-0.3, -0.25) is 0 Å². The lowest BCUT2D eigenvalue weighted by molar-refractivity contribution is 0.592. The summed E-state index contributed by atoms with van der Waals surface area (Å²) in [5.41, 5.74) is 6.92. The maximum atomic E-state index is 14.1. The molecular formula is C12H18BrFN2. The first-order valence-corrected chi connectivity index (χ1v) is 6.22. The molecule has 0 fully saturated rings. The summed E-state index contributed by atoms with van der Waals surface area (Å²) in [7, 11) is 1.90. The summed E-state index contributed by atoms with van der Waals surface area (Å²) in [4.78, 5) is 1.94. The van der Waals surface area contributed by atoms with Crippen LogP contribution in [0, 0.1) is 5.82 Å². The van der Waals surface area contributed by atoms with E-state index in [1.54, 1.807) is 6.07 Å². The van der Waals surface area contributed by atoms with Crippen LogP contribution in [-0.2, 0) is 6.54 Å². The maximum Gasteiger partial charge on any atom is 0.160 e. The van der Waals surface area contributed by atoms with E-state index < -0.39 is 0 Å². The number of hydrogen-bond donors (Lipinski definition) is 1. The van der Waals surface area contributed by atoms with E-state index in [2.05, 4.69) is 29.8 Å². The molecule has 1 aromatic carbocycles. The largest absolute Gasteiger partial charge is 0.370 e. The third-order valence-corrected chi connectivity index (χ3v) is 3.85. The number of nitrogens with two attached hydrogens (primary N) is 1. The van der Waals surface area contributed by atoms with Gasteiger partial charge in [0.05, 0.1) is 10.2 Å². The molecule has 0 aromatic heterocycles. The van der Waals surface area contributed by atoms with E-state index in [1.807, 2.05) is 18.0 Å². The van der Waals surface area contributed by atoms with E-state index in [9.17, 15) is 4.39 Å². The molecule has 1 atom stereocenters. The Labute approximate surface area is 105 Å². The van der Waals surface area contributed by atoms with Crippen LogP contribution in [0.1, 0.15) is 25.8 Å². The zero-order valence-electron chi connectivity index (χ0n) is 9.93. The lowest BCUT2D eigenvalue weighted by Gasteiger charge is -2.27. The van der Waals surface area contributed by atoms with Gasteiger partial charge in [0.15, 0.2) is 5.82 Å². The summed E-state index contributed by atoms with van der Waals surface area (Å²) in [5.74, 6) is -0.231. The van der Waals surface area contributed by atoms with Crippen molar-refractivity contribution in [3.05, 3.63) is 28.0 Å². The van der Waals surface area contributed by atoms with E-state index >= 15 is 0 Å². The predicted octanol–water partition coefficient (Wildman–Crippen LogP) is 3.28. The molecule has 16 heavy (non-hydrogen) atoms. The van der Waals surface area contributed by atoms with E-state index in [0.29, 0.717) is 22.7 Å². The van der Waals surface area contributed by atoms with Crippen molar-refractivity contribution in [3.63, 3.8) is 0 Å². The van der Waals surface area contributed by atoms with Crippen LogP contribution in [0.15, 0.2) is 16.6 Å². The molecular weight excluding hydrogens is 271 g/mol. The summed E-state index contributed by atoms with van der Waals surface area (Å²) < 4.78 is 14.5. The minimum Gasteiger partial charge on any atom is -0.370 e. The number of anilines is 1. The fourth-order valence-corrected chi connectivity index (χ4v) is 2.02. The van der Waals surface area contributed by atoms with E-state index in [-0.39, 0.29) is 5.82 Å². The van der Waals surface area contributed by atoms with Crippen molar-refractivity contribution in [3.8, 4) is 0 Å². The van der Waals surface area contributed by atoms with Crippen molar-refractivity contribution in [1.29, 1.82) is 0 Å². The molecule has 0 bridgehead atoms. The maximum absolute atomic E-state index is 14.1. The Balaban J connectivity index is 3.11. The smallest absolute Gasteiger partial charge is 0.160 e. The van der Waals surface area contributed by atoms with Crippen molar-refractivity contribution >= 4 is 21.6 Å². The molecule has 2 nitrogen and oxygen atoms in total. The molecule has 0 radical (unpaired) electrons. The fraction of sp³-hybridized carbons (Fsp3) is 0.500. The van der Waals surface area contributed by atoms with Crippen molar-refractivity contribution in [1.82, 2.24) is 0 Å². The second-order valence-electron chi connectivity index (χ2n) is 3.94. The Morgan fingerprint density at radius 3 is 2.62 bits per heavy atom. The number of nitrogens with zero attached hydrogens (tertiary/aromatic N) is 1. The monoisotopic (exact) mass is 288 g/mol. The normalized spacial score (nSPS) is 12.6. The molecule has 0 aliphatic rings. The first-order valence-electron chi connectivity index (χ1n) is 5.42. The third-order valence-electron chi connectivity index (χ3n) is 2.99. The molecule has 0 aliphatic heterocycles. The summed E-state index contributed by atoms with van der Waals surface area (Å²) in [5, 5.41) is 0. The van der Waals surface area contributed by atoms with E-state index in [0.717, 1.165) is 12.0 Å². The van der Waals surface area contributed by atoms with Crippen LogP contribution in [0.4, 0.5) is 10.1 Å². The van der Waals surface area contributed by atoms with Crippen molar-refractivity contribution in [2.24, 2.45) is 5.73 Å². The minimum atomic E-state index is -0.231. The van der Waals surface area contributed by atoms with Gasteiger partial charge in [-0.25, -0.2) is 4.39 Å². The average Bonchev–Trinajstić information content (AvgIpc) is 2.30. The third kappa shape index (κ3) is 2.55. The van der Waals surface area contributed by atoms with Gasteiger partial charge >= 0.3 is 0 Å². The van der Waals surface area contributed by atoms with Gasteiger partial charge in [0.2, 0.25) is 0 Å². The molecule has 1 aromatic rings. The van der Waals surface area contributed by atoms with Crippen LogP contribution in [0.2, 0.25) is 0 Å². The SMILES string of the molecule is CCC(C)N(C)c1ccc(CN)c(Br)c1F. The van der Waals surface area contributed by atoms with Crippen molar-refractivity contribution in [2.45, 2.75) is 32.9 Å². The second-order valence-corrected chi connectivity index (χ2v) is 4.74. The lowest BCUT2D eigenvalue weighted by Crippen LogP contribution is -2.29. The van der Waals surface area contributed by atoms with Gasteiger partial charge in [0.25, 0.3) is 0 Å². The Hall–Kier alpha value is -0.610. The molecule has 0 spiro atoms. The summed E-state index contributed by atoms with van der Waals surface area (Å²) in [6.45, 7) is 4.50. The van der Waals surface area contributed by atoms with Gasteiger partial charge in [-0.05, 0) is 40.9 Å². The Bertz CT molecular complexity index is 368. The highest BCUT2D eigenvalue weighted by molar-refractivity contribution is 9.10. The highest BCUT2D eigenvalue weighted by Crippen LogP contribution is 2.29. The number of halogens is 2. The van der Waals surface area contributed by atoms with Crippen LogP contribution in [-0.4, -0.2) is 13.1 Å². The van der Waals surface area contributed by atoms with Gasteiger partial charge in [0.1, 0.15) is 0 Å². The average molecular weight is 289 g/mol.